The lowest BCUT2D eigenvalue weighted by atomic mass is 9.99. The van der Waals surface area contributed by atoms with Gasteiger partial charge in [-0.3, -0.25) is 14.3 Å². The van der Waals surface area contributed by atoms with E-state index in [9.17, 15) is 14.0 Å². The summed E-state index contributed by atoms with van der Waals surface area (Å²) >= 11 is 0. The highest BCUT2D eigenvalue weighted by Gasteiger charge is 2.31. The van der Waals surface area contributed by atoms with Gasteiger partial charge in [0, 0.05) is 54.8 Å². The third kappa shape index (κ3) is 4.79. The predicted octanol–water partition coefficient (Wildman–Crippen LogP) is 4.80. The fourth-order valence-electron chi connectivity index (χ4n) is 4.48. The second-order valence-corrected chi connectivity index (χ2v) is 9.04. The van der Waals surface area contributed by atoms with Crippen molar-refractivity contribution in [1.29, 1.82) is 0 Å². The Morgan fingerprint density at radius 1 is 1.03 bits per heavy atom. The fraction of sp³-hybridized carbons (Fsp3) is 0.250. The molecule has 3 aromatic carbocycles. The van der Waals surface area contributed by atoms with E-state index in [4.69, 9.17) is 4.74 Å². The van der Waals surface area contributed by atoms with E-state index in [0.717, 1.165) is 16.5 Å². The summed E-state index contributed by atoms with van der Waals surface area (Å²) in [6.45, 7) is 6.45. The van der Waals surface area contributed by atoms with Gasteiger partial charge in [-0.15, -0.1) is 0 Å². The van der Waals surface area contributed by atoms with Gasteiger partial charge in [0.1, 0.15) is 17.3 Å². The van der Waals surface area contributed by atoms with Crippen molar-refractivity contribution < 1.29 is 18.7 Å². The molecule has 1 saturated heterocycles. The molecule has 8 heteroatoms. The molecule has 0 radical (unpaired) electrons. The molecular weight excluding hydrogens is 459 g/mol. The van der Waals surface area contributed by atoms with Crippen molar-refractivity contribution in [2.24, 2.45) is 5.92 Å². The van der Waals surface area contributed by atoms with E-state index in [1.807, 2.05) is 41.8 Å². The monoisotopic (exact) mass is 486 g/mol. The average molecular weight is 487 g/mol. The molecule has 1 N–H and O–H groups in total. The van der Waals surface area contributed by atoms with Crippen molar-refractivity contribution in [3.05, 3.63) is 89.4 Å². The third-order valence-corrected chi connectivity index (χ3v) is 6.43. The Bertz CT molecular complexity index is 1410. The standard InChI is InChI=1S/C28H27FN4O3/c1-3-30-27(34)24-12-13-26-25(18(24)2)17-33(31-26)16-19-14-32(15-19)28(35)20-4-8-22(9-5-20)36-23-10-6-21(29)7-11-23/h4-13,17,19H,3,14-16H2,1-2H3,(H,30,34). The summed E-state index contributed by atoms with van der Waals surface area (Å²) in [5, 5.41) is 8.48. The number of hydrogen-bond acceptors (Lipinski definition) is 4. The minimum Gasteiger partial charge on any atom is -0.457 e. The van der Waals surface area contributed by atoms with Crippen LogP contribution >= 0.6 is 0 Å². The maximum absolute atomic E-state index is 13.0. The van der Waals surface area contributed by atoms with Gasteiger partial charge in [-0.1, -0.05) is 0 Å². The molecule has 2 amide bonds. The van der Waals surface area contributed by atoms with Crippen molar-refractivity contribution >= 4 is 22.7 Å². The molecule has 0 aliphatic carbocycles. The normalized spacial score (nSPS) is 13.5. The van der Waals surface area contributed by atoms with E-state index >= 15 is 0 Å². The summed E-state index contributed by atoms with van der Waals surface area (Å²) in [7, 11) is 0. The molecule has 0 bridgehead atoms. The number of ether oxygens (including phenoxy) is 1. The summed E-state index contributed by atoms with van der Waals surface area (Å²) < 4.78 is 20.6. The molecule has 1 aliphatic heterocycles. The Morgan fingerprint density at radius 2 is 1.69 bits per heavy atom. The Hall–Kier alpha value is -4.20. The van der Waals surface area contributed by atoms with E-state index in [-0.39, 0.29) is 17.6 Å². The highest BCUT2D eigenvalue weighted by atomic mass is 19.1. The molecule has 0 saturated carbocycles. The van der Waals surface area contributed by atoms with Crippen LogP contribution in [0.4, 0.5) is 4.39 Å². The van der Waals surface area contributed by atoms with Crippen LogP contribution in [0.3, 0.4) is 0 Å². The van der Waals surface area contributed by atoms with Crippen molar-refractivity contribution in [3.63, 3.8) is 0 Å². The van der Waals surface area contributed by atoms with Crippen LogP contribution in [0.15, 0.2) is 66.9 Å². The Kier molecular flexibility index (Phi) is 6.41. The second-order valence-electron chi connectivity index (χ2n) is 9.04. The smallest absolute Gasteiger partial charge is 0.253 e. The predicted molar refractivity (Wildman–Crippen MR) is 135 cm³/mol. The number of aryl methyl sites for hydroxylation is 1. The maximum Gasteiger partial charge on any atom is 0.253 e. The number of benzene rings is 3. The zero-order valence-corrected chi connectivity index (χ0v) is 20.2. The van der Waals surface area contributed by atoms with Gasteiger partial charge in [-0.25, -0.2) is 4.39 Å². The molecule has 1 aromatic heterocycles. The number of amides is 2. The van der Waals surface area contributed by atoms with Crippen LogP contribution in [0, 0.1) is 18.7 Å². The number of carbonyl (C=O) groups excluding carboxylic acids is 2. The van der Waals surface area contributed by atoms with Crippen LogP contribution in [0.5, 0.6) is 11.5 Å². The van der Waals surface area contributed by atoms with Gasteiger partial charge in [-0.2, -0.15) is 5.10 Å². The highest BCUT2D eigenvalue weighted by molar-refractivity contribution is 6.00. The molecule has 1 aliphatic rings. The fourth-order valence-corrected chi connectivity index (χ4v) is 4.48. The summed E-state index contributed by atoms with van der Waals surface area (Å²) in [6.07, 6.45) is 1.98. The first kappa shape index (κ1) is 23.5. The molecule has 1 fully saturated rings. The van der Waals surface area contributed by atoms with Gasteiger partial charge < -0.3 is 15.0 Å². The lowest BCUT2D eigenvalue weighted by Crippen LogP contribution is -2.51. The first-order chi connectivity index (χ1) is 17.4. The van der Waals surface area contributed by atoms with E-state index in [2.05, 4.69) is 10.4 Å². The number of aromatic nitrogens is 2. The Morgan fingerprint density at radius 3 is 2.36 bits per heavy atom. The molecule has 0 unspecified atom stereocenters. The van der Waals surface area contributed by atoms with Crippen LogP contribution in [0.2, 0.25) is 0 Å². The number of hydrogen-bond donors (Lipinski definition) is 1. The molecule has 5 rings (SSSR count). The van der Waals surface area contributed by atoms with Gasteiger partial charge in [0.2, 0.25) is 0 Å². The van der Waals surface area contributed by atoms with Crippen LogP contribution in [0.1, 0.15) is 33.2 Å². The average Bonchev–Trinajstić information content (AvgIpc) is 3.27. The minimum absolute atomic E-state index is 0.0207. The first-order valence-electron chi connectivity index (χ1n) is 12.0. The summed E-state index contributed by atoms with van der Waals surface area (Å²) in [6, 6.07) is 16.4. The van der Waals surface area contributed by atoms with Gasteiger partial charge in [0.25, 0.3) is 11.8 Å². The zero-order chi connectivity index (χ0) is 25.2. The number of fused-ring (bicyclic) bond motifs is 1. The molecule has 184 valence electrons. The Balaban J connectivity index is 1.17. The van der Waals surface area contributed by atoms with Crippen molar-refractivity contribution in [3.8, 4) is 11.5 Å². The topological polar surface area (TPSA) is 76.5 Å². The molecule has 2 heterocycles. The molecular formula is C28H27FN4O3. The molecule has 0 spiro atoms. The molecule has 7 nitrogen and oxygen atoms in total. The Labute approximate surface area is 208 Å². The van der Waals surface area contributed by atoms with Gasteiger partial charge in [0.05, 0.1) is 5.52 Å². The van der Waals surface area contributed by atoms with Crippen LogP contribution in [0.25, 0.3) is 10.9 Å². The zero-order valence-electron chi connectivity index (χ0n) is 20.2. The number of rotatable bonds is 7. The van der Waals surface area contributed by atoms with Crippen molar-refractivity contribution in [2.45, 2.75) is 20.4 Å². The van der Waals surface area contributed by atoms with Crippen molar-refractivity contribution in [2.75, 3.05) is 19.6 Å². The van der Waals surface area contributed by atoms with Gasteiger partial charge >= 0.3 is 0 Å². The maximum atomic E-state index is 13.0. The number of likely N-dealkylation sites (tertiary alicyclic amines) is 1. The van der Waals surface area contributed by atoms with E-state index in [1.165, 1.54) is 12.1 Å². The van der Waals surface area contributed by atoms with E-state index < -0.39 is 0 Å². The SMILES string of the molecule is CCNC(=O)c1ccc2nn(CC3CN(C(=O)c4ccc(Oc5ccc(F)cc5)cc4)C3)cc2c1C. The minimum atomic E-state index is -0.322. The third-order valence-electron chi connectivity index (χ3n) is 6.43. The van der Waals surface area contributed by atoms with Crippen LogP contribution in [-0.4, -0.2) is 46.1 Å². The van der Waals surface area contributed by atoms with Crippen LogP contribution in [-0.2, 0) is 6.54 Å². The van der Waals surface area contributed by atoms with Gasteiger partial charge in [-0.05, 0) is 80.1 Å². The summed E-state index contributed by atoms with van der Waals surface area (Å²) in [4.78, 5) is 27.0. The lowest BCUT2D eigenvalue weighted by molar-refractivity contribution is 0.0462. The first-order valence-corrected chi connectivity index (χ1v) is 12.0. The van der Waals surface area contributed by atoms with E-state index in [0.29, 0.717) is 54.7 Å². The number of halogens is 1. The van der Waals surface area contributed by atoms with Gasteiger partial charge in [0.15, 0.2) is 0 Å². The quantitative estimate of drug-likeness (QED) is 0.407. The van der Waals surface area contributed by atoms with Crippen LogP contribution < -0.4 is 10.1 Å². The summed E-state index contributed by atoms with van der Waals surface area (Å²) in [5.41, 5.74) is 3.04. The number of nitrogens with zero attached hydrogens (tertiary/aromatic N) is 3. The summed E-state index contributed by atoms with van der Waals surface area (Å²) in [5.74, 6) is 1.00. The van der Waals surface area contributed by atoms with Crippen molar-refractivity contribution in [1.82, 2.24) is 20.0 Å². The molecule has 4 aromatic rings. The largest absolute Gasteiger partial charge is 0.457 e. The highest BCUT2D eigenvalue weighted by Crippen LogP contribution is 2.26. The lowest BCUT2D eigenvalue weighted by Gasteiger charge is -2.39. The van der Waals surface area contributed by atoms with E-state index in [1.54, 1.807) is 36.4 Å². The molecule has 0 atom stereocenters. The number of carbonyl (C=O) groups is 2. The molecule has 36 heavy (non-hydrogen) atoms. The second kappa shape index (κ2) is 9.81. The number of nitrogens with one attached hydrogen (secondary N) is 1.